The van der Waals surface area contributed by atoms with Crippen molar-refractivity contribution in [3.8, 4) is 0 Å². The topological polar surface area (TPSA) is 85.1 Å². The second kappa shape index (κ2) is 4.98. The average Bonchev–Trinajstić information content (AvgIpc) is 2.61. The number of anilines is 2. The molecule has 2 rings (SSSR count). The van der Waals surface area contributed by atoms with Crippen LogP contribution in [0.25, 0.3) is 0 Å². The molecule has 0 spiro atoms. The average molecular weight is 319 g/mol. The molecule has 0 aliphatic heterocycles. The van der Waals surface area contributed by atoms with Gasteiger partial charge in [0.2, 0.25) is 0 Å². The molecule has 0 amide bonds. The first kappa shape index (κ1) is 14.7. The molecule has 5 nitrogen and oxygen atoms in total. The van der Waals surface area contributed by atoms with Gasteiger partial charge < -0.3 is 5.73 Å². The van der Waals surface area contributed by atoms with E-state index in [0.29, 0.717) is 11.8 Å². The number of aryl methyl sites for hydroxylation is 2. The van der Waals surface area contributed by atoms with E-state index in [9.17, 15) is 17.2 Å². The van der Waals surface area contributed by atoms with Gasteiger partial charge in [0.15, 0.2) is 5.13 Å². The number of nitrogens with zero attached hydrogens (tertiary/aromatic N) is 1. The maximum absolute atomic E-state index is 13.6. The van der Waals surface area contributed by atoms with E-state index in [2.05, 4.69) is 9.71 Å². The van der Waals surface area contributed by atoms with Crippen molar-refractivity contribution in [1.29, 1.82) is 0 Å². The first-order valence-electron chi connectivity index (χ1n) is 5.42. The van der Waals surface area contributed by atoms with E-state index >= 15 is 0 Å². The minimum Gasteiger partial charge on any atom is -0.396 e. The maximum Gasteiger partial charge on any atom is 0.266 e. The van der Waals surface area contributed by atoms with Crippen LogP contribution in [0.4, 0.5) is 19.6 Å². The molecular formula is C11H11F2N3O2S2. The Morgan fingerprint density at radius 3 is 2.45 bits per heavy atom. The molecule has 0 bridgehead atoms. The summed E-state index contributed by atoms with van der Waals surface area (Å²) in [5.74, 6) is -2.23. The van der Waals surface area contributed by atoms with E-state index in [0.717, 1.165) is 22.3 Å². The second-order valence-corrected chi connectivity index (χ2v) is 6.92. The number of nitrogens with one attached hydrogen (secondary N) is 1. The van der Waals surface area contributed by atoms with Gasteiger partial charge >= 0.3 is 0 Å². The van der Waals surface area contributed by atoms with E-state index in [1.54, 1.807) is 13.8 Å². The van der Waals surface area contributed by atoms with Crippen molar-refractivity contribution in [3.05, 3.63) is 34.3 Å². The summed E-state index contributed by atoms with van der Waals surface area (Å²) in [6.45, 7) is 3.50. The van der Waals surface area contributed by atoms with Gasteiger partial charge in [0.05, 0.1) is 11.4 Å². The van der Waals surface area contributed by atoms with E-state index < -0.39 is 32.2 Å². The highest BCUT2D eigenvalue weighted by molar-refractivity contribution is 7.93. The standard InChI is InChI=1S/C11H11F2N3O2S2/c1-5-6(2)19-11(15-5)16-20(17,18)10-4-9(14)7(12)3-8(10)13/h3-4H,14H2,1-2H3,(H,15,16). The lowest BCUT2D eigenvalue weighted by atomic mass is 10.3. The maximum atomic E-state index is 13.6. The number of thiazole rings is 1. The number of rotatable bonds is 3. The number of benzene rings is 1. The zero-order chi connectivity index (χ0) is 15.1. The van der Waals surface area contributed by atoms with Crippen molar-refractivity contribution in [1.82, 2.24) is 4.98 Å². The number of nitrogens with two attached hydrogens (primary N) is 1. The van der Waals surface area contributed by atoms with E-state index in [-0.39, 0.29) is 5.13 Å². The molecule has 20 heavy (non-hydrogen) atoms. The number of sulfonamides is 1. The summed E-state index contributed by atoms with van der Waals surface area (Å²) >= 11 is 1.12. The van der Waals surface area contributed by atoms with Crippen molar-refractivity contribution < 1.29 is 17.2 Å². The molecule has 0 radical (unpaired) electrons. The van der Waals surface area contributed by atoms with Crippen LogP contribution in [0, 0.1) is 25.5 Å². The first-order chi connectivity index (χ1) is 9.20. The molecule has 0 saturated carbocycles. The van der Waals surface area contributed by atoms with Gasteiger partial charge in [-0.1, -0.05) is 0 Å². The van der Waals surface area contributed by atoms with Gasteiger partial charge in [0, 0.05) is 10.9 Å². The highest BCUT2D eigenvalue weighted by Gasteiger charge is 2.22. The van der Waals surface area contributed by atoms with Crippen molar-refractivity contribution >= 4 is 32.2 Å². The zero-order valence-corrected chi connectivity index (χ0v) is 12.2. The first-order valence-corrected chi connectivity index (χ1v) is 7.72. The smallest absolute Gasteiger partial charge is 0.266 e. The van der Waals surface area contributed by atoms with Gasteiger partial charge in [-0.25, -0.2) is 22.2 Å². The number of hydrogen-bond donors (Lipinski definition) is 2. The van der Waals surface area contributed by atoms with Crippen molar-refractivity contribution in [2.75, 3.05) is 10.5 Å². The van der Waals surface area contributed by atoms with Crippen LogP contribution in [-0.2, 0) is 10.0 Å². The fourth-order valence-electron chi connectivity index (χ4n) is 1.44. The molecule has 1 aromatic carbocycles. The minimum absolute atomic E-state index is 0.113. The quantitative estimate of drug-likeness (QED) is 0.851. The van der Waals surface area contributed by atoms with Crippen LogP contribution in [0.5, 0.6) is 0 Å². The number of hydrogen-bond acceptors (Lipinski definition) is 5. The van der Waals surface area contributed by atoms with Gasteiger partial charge in [-0.15, -0.1) is 11.3 Å². The Morgan fingerprint density at radius 2 is 1.90 bits per heavy atom. The van der Waals surface area contributed by atoms with Gasteiger partial charge in [-0.05, 0) is 19.9 Å². The van der Waals surface area contributed by atoms with Crippen molar-refractivity contribution in [3.63, 3.8) is 0 Å². The Hall–Kier alpha value is -1.74. The van der Waals surface area contributed by atoms with E-state index in [4.69, 9.17) is 5.73 Å². The molecule has 0 fully saturated rings. The van der Waals surface area contributed by atoms with Crippen molar-refractivity contribution in [2.45, 2.75) is 18.7 Å². The third-order valence-electron chi connectivity index (χ3n) is 2.59. The van der Waals surface area contributed by atoms with Crippen LogP contribution in [0.1, 0.15) is 10.6 Å². The Kier molecular flexibility index (Phi) is 3.65. The lowest BCUT2D eigenvalue weighted by Crippen LogP contribution is -2.15. The van der Waals surface area contributed by atoms with Crippen LogP contribution in [0.2, 0.25) is 0 Å². The molecule has 0 atom stereocenters. The predicted octanol–water partition coefficient (Wildman–Crippen LogP) is 2.42. The molecule has 1 heterocycles. The van der Waals surface area contributed by atoms with E-state index in [1.807, 2.05) is 0 Å². The molecule has 0 saturated heterocycles. The molecule has 3 N–H and O–H groups in total. The lowest BCUT2D eigenvalue weighted by molar-refractivity contribution is 0.553. The van der Waals surface area contributed by atoms with Crippen LogP contribution in [-0.4, -0.2) is 13.4 Å². The van der Waals surface area contributed by atoms with Crippen LogP contribution >= 0.6 is 11.3 Å². The molecule has 1 aromatic heterocycles. The summed E-state index contributed by atoms with van der Waals surface area (Å²) in [5.41, 5.74) is 5.49. The zero-order valence-electron chi connectivity index (χ0n) is 10.6. The van der Waals surface area contributed by atoms with Gasteiger partial charge in [0.25, 0.3) is 10.0 Å². The number of nitrogen functional groups attached to an aromatic ring is 1. The summed E-state index contributed by atoms with van der Waals surface area (Å²) in [5, 5.41) is 0.113. The summed E-state index contributed by atoms with van der Waals surface area (Å²) in [7, 11) is -4.21. The Labute approximate surface area is 118 Å². The largest absolute Gasteiger partial charge is 0.396 e. The normalized spacial score (nSPS) is 11.6. The van der Waals surface area contributed by atoms with E-state index in [1.165, 1.54) is 0 Å². The molecular weight excluding hydrogens is 308 g/mol. The summed E-state index contributed by atoms with van der Waals surface area (Å²) < 4.78 is 52.9. The molecule has 108 valence electrons. The molecule has 0 unspecified atom stereocenters. The van der Waals surface area contributed by atoms with Gasteiger partial charge in [-0.3, -0.25) is 4.72 Å². The second-order valence-electron chi connectivity index (χ2n) is 4.07. The Bertz CT molecular complexity index is 753. The molecule has 2 aromatic rings. The fourth-order valence-corrected chi connectivity index (χ4v) is 3.58. The SMILES string of the molecule is Cc1nc(NS(=O)(=O)c2cc(N)c(F)cc2F)sc1C. The highest BCUT2D eigenvalue weighted by atomic mass is 32.2. The van der Waals surface area contributed by atoms with Crippen LogP contribution in [0.3, 0.4) is 0 Å². The van der Waals surface area contributed by atoms with Crippen LogP contribution < -0.4 is 10.5 Å². The van der Waals surface area contributed by atoms with Crippen LogP contribution in [0.15, 0.2) is 17.0 Å². The van der Waals surface area contributed by atoms with Crippen molar-refractivity contribution in [2.24, 2.45) is 0 Å². The number of halogens is 2. The minimum atomic E-state index is -4.21. The lowest BCUT2D eigenvalue weighted by Gasteiger charge is -2.07. The number of aromatic nitrogens is 1. The predicted molar refractivity (Wildman–Crippen MR) is 73.2 cm³/mol. The van der Waals surface area contributed by atoms with Gasteiger partial charge in [0.1, 0.15) is 16.5 Å². The summed E-state index contributed by atoms with van der Waals surface area (Å²) in [4.78, 5) is 4.11. The Morgan fingerprint density at radius 1 is 1.25 bits per heavy atom. The summed E-state index contributed by atoms with van der Waals surface area (Å²) in [6, 6.07) is 1.17. The highest BCUT2D eigenvalue weighted by Crippen LogP contribution is 2.26. The van der Waals surface area contributed by atoms with Gasteiger partial charge in [-0.2, -0.15) is 0 Å². The third kappa shape index (κ3) is 2.73. The molecule has 9 heteroatoms. The monoisotopic (exact) mass is 319 g/mol. The fraction of sp³-hybridized carbons (Fsp3) is 0.182. The molecule has 0 aliphatic rings. The summed E-state index contributed by atoms with van der Waals surface area (Å²) in [6.07, 6.45) is 0. The Balaban J connectivity index is 2.43. The third-order valence-corrected chi connectivity index (χ3v) is 5.06. The molecule has 0 aliphatic carbocycles.